The fraction of sp³-hybridized carbons (Fsp3) is 0.190. The predicted molar refractivity (Wildman–Crippen MR) is 97.4 cm³/mol. The molecule has 3 heteroatoms. The Labute approximate surface area is 143 Å². The van der Waals surface area contributed by atoms with Gasteiger partial charge in [0.15, 0.2) is 0 Å². The number of anilines is 1. The Morgan fingerprint density at radius 1 is 0.792 bits per heavy atom. The van der Waals surface area contributed by atoms with E-state index in [9.17, 15) is 0 Å². The van der Waals surface area contributed by atoms with E-state index in [4.69, 9.17) is 0 Å². The fourth-order valence-electron chi connectivity index (χ4n) is 3.20. The molecule has 0 radical (unpaired) electrons. The van der Waals surface area contributed by atoms with Crippen LogP contribution in [0.3, 0.4) is 0 Å². The van der Waals surface area contributed by atoms with Crippen molar-refractivity contribution in [1.82, 2.24) is 9.88 Å². The topological polar surface area (TPSA) is 28.2 Å². The third kappa shape index (κ3) is 3.47. The number of hydrogen-bond donors (Lipinski definition) is 1. The molecule has 24 heavy (non-hydrogen) atoms. The first-order chi connectivity index (χ1) is 11.9. The van der Waals surface area contributed by atoms with Crippen LogP contribution < -0.4 is 5.32 Å². The minimum atomic E-state index is 0.798. The van der Waals surface area contributed by atoms with Crippen LogP contribution in [0.25, 0.3) is 0 Å². The minimum Gasteiger partial charge on any atom is -0.366 e. The van der Waals surface area contributed by atoms with Gasteiger partial charge >= 0.3 is 0 Å². The molecule has 0 amide bonds. The molecule has 4 rings (SSSR count). The van der Waals surface area contributed by atoms with Crippen LogP contribution in [0.4, 0.5) is 5.82 Å². The summed E-state index contributed by atoms with van der Waals surface area (Å²) in [5, 5.41) is 3.34. The number of benzene rings is 2. The molecule has 0 atom stereocenters. The third-order valence-corrected chi connectivity index (χ3v) is 4.47. The van der Waals surface area contributed by atoms with Crippen LogP contribution in [0.5, 0.6) is 0 Å². The number of fused-ring (bicyclic) bond motifs is 1. The van der Waals surface area contributed by atoms with Crippen molar-refractivity contribution in [2.75, 3.05) is 5.32 Å². The Kier molecular flexibility index (Phi) is 4.26. The Bertz CT molecular complexity index is 772. The number of nitrogens with zero attached hydrogens (tertiary/aromatic N) is 2. The lowest BCUT2D eigenvalue weighted by molar-refractivity contribution is 0.275. The highest BCUT2D eigenvalue weighted by Crippen LogP contribution is 2.24. The van der Waals surface area contributed by atoms with E-state index in [0.717, 1.165) is 32.0 Å². The molecule has 1 aromatic heterocycles. The van der Waals surface area contributed by atoms with Gasteiger partial charge in [0.2, 0.25) is 0 Å². The number of aromatic nitrogens is 1. The Hall–Kier alpha value is -2.65. The Morgan fingerprint density at radius 2 is 1.46 bits per heavy atom. The molecule has 0 bridgehead atoms. The van der Waals surface area contributed by atoms with Crippen molar-refractivity contribution in [2.24, 2.45) is 0 Å². The molecular formula is C21H21N3. The van der Waals surface area contributed by atoms with Crippen LogP contribution in [0.1, 0.15) is 22.3 Å². The van der Waals surface area contributed by atoms with Crippen LogP contribution in [0.2, 0.25) is 0 Å². The second-order valence-corrected chi connectivity index (χ2v) is 6.30. The molecule has 1 aliphatic rings. The SMILES string of the molecule is c1ccc(NCc2ccc(CN3Cc4ccccc4C3)cc2)nc1. The van der Waals surface area contributed by atoms with Crippen molar-refractivity contribution in [1.29, 1.82) is 0 Å². The molecular weight excluding hydrogens is 294 g/mol. The van der Waals surface area contributed by atoms with E-state index < -0.39 is 0 Å². The van der Waals surface area contributed by atoms with Gasteiger partial charge in [-0.1, -0.05) is 54.6 Å². The molecule has 0 saturated heterocycles. The van der Waals surface area contributed by atoms with Crippen molar-refractivity contribution >= 4 is 5.82 Å². The molecule has 0 unspecified atom stereocenters. The molecule has 0 saturated carbocycles. The summed E-state index contributed by atoms with van der Waals surface area (Å²) in [7, 11) is 0. The molecule has 2 heterocycles. The standard InChI is InChI=1S/C21H21N3/c1-2-6-20-16-24(15-19(20)5-1)14-18-10-8-17(9-11-18)13-23-21-7-3-4-12-22-21/h1-12H,13-16H2,(H,22,23). The summed E-state index contributed by atoms with van der Waals surface area (Å²) in [5.41, 5.74) is 5.57. The van der Waals surface area contributed by atoms with Crippen LogP contribution in [-0.4, -0.2) is 9.88 Å². The Morgan fingerprint density at radius 3 is 2.12 bits per heavy atom. The smallest absolute Gasteiger partial charge is 0.126 e. The van der Waals surface area contributed by atoms with Gasteiger partial charge in [-0.3, -0.25) is 4.90 Å². The highest BCUT2D eigenvalue weighted by Gasteiger charge is 2.17. The van der Waals surface area contributed by atoms with Gasteiger partial charge in [0.1, 0.15) is 5.82 Å². The summed E-state index contributed by atoms with van der Waals surface area (Å²) in [6, 6.07) is 23.5. The monoisotopic (exact) mass is 315 g/mol. The summed E-state index contributed by atoms with van der Waals surface area (Å²) >= 11 is 0. The maximum atomic E-state index is 4.28. The zero-order valence-corrected chi connectivity index (χ0v) is 13.7. The zero-order valence-electron chi connectivity index (χ0n) is 13.7. The van der Waals surface area contributed by atoms with Gasteiger partial charge in [-0.25, -0.2) is 4.98 Å². The predicted octanol–water partition coefficient (Wildman–Crippen LogP) is 4.21. The normalized spacial score (nSPS) is 13.7. The lowest BCUT2D eigenvalue weighted by Crippen LogP contribution is -2.15. The number of rotatable bonds is 5. The molecule has 0 fully saturated rings. The van der Waals surface area contributed by atoms with Crippen molar-refractivity contribution < 1.29 is 0 Å². The van der Waals surface area contributed by atoms with E-state index in [1.54, 1.807) is 6.20 Å². The van der Waals surface area contributed by atoms with E-state index in [-0.39, 0.29) is 0 Å². The van der Waals surface area contributed by atoms with Crippen molar-refractivity contribution in [3.63, 3.8) is 0 Å². The van der Waals surface area contributed by atoms with E-state index in [1.807, 2.05) is 18.2 Å². The summed E-state index contributed by atoms with van der Waals surface area (Å²) < 4.78 is 0. The van der Waals surface area contributed by atoms with Gasteiger partial charge in [-0.15, -0.1) is 0 Å². The molecule has 1 N–H and O–H groups in total. The zero-order chi connectivity index (χ0) is 16.2. The van der Waals surface area contributed by atoms with Crippen LogP contribution in [0, 0.1) is 0 Å². The number of nitrogens with one attached hydrogen (secondary N) is 1. The number of hydrogen-bond acceptors (Lipinski definition) is 3. The highest BCUT2D eigenvalue weighted by molar-refractivity contribution is 5.35. The minimum absolute atomic E-state index is 0.798. The first-order valence-electron chi connectivity index (χ1n) is 8.39. The van der Waals surface area contributed by atoms with Crippen molar-refractivity contribution in [2.45, 2.75) is 26.2 Å². The third-order valence-electron chi connectivity index (χ3n) is 4.47. The first-order valence-corrected chi connectivity index (χ1v) is 8.39. The van der Waals surface area contributed by atoms with Gasteiger partial charge in [-0.2, -0.15) is 0 Å². The van der Waals surface area contributed by atoms with Crippen LogP contribution in [-0.2, 0) is 26.2 Å². The second kappa shape index (κ2) is 6.85. The summed E-state index contributed by atoms with van der Waals surface area (Å²) in [6.07, 6.45) is 1.81. The molecule has 0 spiro atoms. The molecule has 3 aromatic rings. The lowest BCUT2D eigenvalue weighted by atomic mass is 10.1. The van der Waals surface area contributed by atoms with Crippen molar-refractivity contribution in [3.8, 4) is 0 Å². The molecule has 120 valence electrons. The Balaban J connectivity index is 1.33. The average Bonchev–Trinajstić information content (AvgIpc) is 3.04. The number of pyridine rings is 1. The first kappa shape index (κ1) is 14.9. The fourth-order valence-corrected chi connectivity index (χ4v) is 3.20. The van der Waals surface area contributed by atoms with Crippen molar-refractivity contribution in [3.05, 3.63) is 95.2 Å². The summed E-state index contributed by atoms with van der Waals surface area (Å²) in [5.74, 6) is 0.913. The molecule has 3 nitrogen and oxygen atoms in total. The molecule has 0 aliphatic carbocycles. The largest absolute Gasteiger partial charge is 0.366 e. The second-order valence-electron chi connectivity index (χ2n) is 6.30. The molecule has 1 aliphatic heterocycles. The van der Waals surface area contributed by atoms with Gasteiger partial charge in [0, 0.05) is 32.4 Å². The lowest BCUT2D eigenvalue weighted by Gasteiger charge is -2.15. The van der Waals surface area contributed by atoms with Gasteiger partial charge < -0.3 is 5.32 Å². The summed E-state index contributed by atoms with van der Waals surface area (Å²) in [6.45, 7) is 3.91. The van der Waals surface area contributed by atoms with Crippen LogP contribution >= 0.6 is 0 Å². The van der Waals surface area contributed by atoms with E-state index >= 15 is 0 Å². The maximum Gasteiger partial charge on any atom is 0.126 e. The maximum absolute atomic E-state index is 4.28. The van der Waals surface area contributed by atoms with E-state index in [2.05, 4.69) is 63.7 Å². The van der Waals surface area contributed by atoms with E-state index in [1.165, 1.54) is 22.3 Å². The van der Waals surface area contributed by atoms with Gasteiger partial charge in [-0.05, 0) is 34.4 Å². The van der Waals surface area contributed by atoms with Gasteiger partial charge in [0.05, 0.1) is 0 Å². The van der Waals surface area contributed by atoms with Crippen LogP contribution in [0.15, 0.2) is 72.9 Å². The summed E-state index contributed by atoms with van der Waals surface area (Å²) in [4.78, 5) is 6.77. The average molecular weight is 315 g/mol. The molecule has 2 aromatic carbocycles. The quantitative estimate of drug-likeness (QED) is 0.764. The highest BCUT2D eigenvalue weighted by atomic mass is 15.1. The van der Waals surface area contributed by atoms with E-state index in [0.29, 0.717) is 0 Å². The van der Waals surface area contributed by atoms with Gasteiger partial charge in [0.25, 0.3) is 0 Å².